The van der Waals surface area contributed by atoms with Gasteiger partial charge in [-0.3, -0.25) is 10.6 Å². The molecule has 0 saturated heterocycles. The minimum absolute atomic E-state index is 0.0785. The number of rotatable bonds is 1. The lowest BCUT2D eigenvalue weighted by Crippen LogP contribution is -2.71. The first-order valence-corrected chi connectivity index (χ1v) is 5.45. The average molecular weight is 311 g/mol. The molecule has 2 rings (SSSR count). The molecule has 114 valence electrons. The predicted octanol–water partition coefficient (Wildman–Crippen LogP) is 2.57. The Balaban J connectivity index is 2.63. The number of aliphatic imine (C=N–C) groups is 1. The van der Waals surface area contributed by atoms with Crippen LogP contribution in [0.25, 0.3) is 0 Å². The third-order valence-corrected chi connectivity index (χ3v) is 2.67. The van der Waals surface area contributed by atoms with Crippen molar-refractivity contribution in [2.45, 2.75) is 18.0 Å². The number of hydrogen-bond donors (Lipinski definition) is 2. The Bertz CT molecular complexity index is 564. The van der Waals surface area contributed by atoms with Gasteiger partial charge < -0.3 is 0 Å². The van der Waals surface area contributed by atoms with Crippen LogP contribution in [-0.2, 0) is 0 Å². The molecule has 0 fully saturated rings. The summed E-state index contributed by atoms with van der Waals surface area (Å²) in [4.78, 5) is 14.0. The summed E-state index contributed by atoms with van der Waals surface area (Å²) in [6.07, 6.45) is -11.7. The van der Waals surface area contributed by atoms with Crippen LogP contribution >= 0.6 is 0 Å². The van der Waals surface area contributed by atoms with Crippen LogP contribution in [0.5, 0.6) is 0 Å². The van der Waals surface area contributed by atoms with Gasteiger partial charge in [0.15, 0.2) is 0 Å². The van der Waals surface area contributed by atoms with Gasteiger partial charge in [0.2, 0.25) is 0 Å². The number of amides is 2. The van der Waals surface area contributed by atoms with Gasteiger partial charge in [-0.15, -0.1) is 0 Å². The number of urea groups is 1. The molecule has 0 saturated carbocycles. The van der Waals surface area contributed by atoms with Crippen LogP contribution in [0.15, 0.2) is 35.3 Å². The standard InChI is InChI=1S/C11H7F6N3O/c12-10(13,14)9(11(15,16)17)19-7(18-8(21)20-9)6-4-2-1-3-5-6/h1-5H,(H2,18,19,20,21). The highest BCUT2D eigenvalue weighted by Crippen LogP contribution is 2.45. The first-order valence-electron chi connectivity index (χ1n) is 5.45. The van der Waals surface area contributed by atoms with E-state index < -0.39 is 29.9 Å². The number of benzene rings is 1. The van der Waals surface area contributed by atoms with E-state index in [1.807, 2.05) is 5.32 Å². The van der Waals surface area contributed by atoms with Crippen LogP contribution < -0.4 is 10.6 Å². The third-order valence-electron chi connectivity index (χ3n) is 2.67. The van der Waals surface area contributed by atoms with Gasteiger partial charge in [0.05, 0.1) is 0 Å². The van der Waals surface area contributed by atoms with E-state index in [0.717, 1.165) is 5.32 Å². The molecule has 0 aromatic heterocycles. The van der Waals surface area contributed by atoms with Crippen molar-refractivity contribution in [3.8, 4) is 0 Å². The minimum atomic E-state index is -5.84. The first-order chi connectivity index (χ1) is 9.57. The van der Waals surface area contributed by atoms with Crippen LogP contribution in [0.1, 0.15) is 5.56 Å². The Kier molecular flexibility index (Phi) is 3.34. The molecule has 2 amide bonds. The predicted molar refractivity (Wildman–Crippen MR) is 59.5 cm³/mol. The van der Waals surface area contributed by atoms with E-state index >= 15 is 0 Å². The first kappa shape index (κ1) is 15.1. The quantitative estimate of drug-likeness (QED) is 0.770. The number of amidine groups is 1. The lowest BCUT2D eigenvalue weighted by molar-refractivity contribution is -0.301. The zero-order valence-electron chi connectivity index (χ0n) is 10.0. The van der Waals surface area contributed by atoms with Crippen LogP contribution in [0.4, 0.5) is 31.1 Å². The Morgan fingerprint density at radius 1 is 0.952 bits per heavy atom. The zero-order valence-corrected chi connectivity index (χ0v) is 10.0. The van der Waals surface area contributed by atoms with E-state index in [1.165, 1.54) is 30.3 Å². The summed E-state index contributed by atoms with van der Waals surface area (Å²) in [5, 5.41) is 2.65. The van der Waals surface area contributed by atoms with Gasteiger partial charge in [-0.2, -0.15) is 26.3 Å². The lowest BCUT2D eigenvalue weighted by Gasteiger charge is -2.37. The number of carbonyl (C=O) groups excluding carboxylic acids is 1. The molecule has 1 heterocycles. The Morgan fingerprint density at radius 2 is 1.48 bits per heavy atom. The molecule has 0 aliphatic carbocycles. The van der Waals surface area contributed by atoms with E-state index in [9.17, 15) is 31.1 Å². The SMILES string of the molecule is O=C1NC(c2ccccc2)=NC(C(F)(F)F)(C(F)(F)F)N1. The second-order valence-electron chi connectivity index (χ2n) is 4.11. The molecule has 1 aromatic carbocycles. The van der Waals surface area contributed by atoms with Crippen molar-refractivity contribution in [3.05, 3.63) is 35.9 Å². The number of hydrogen-bond acceptors (Lipinski definition) is 2. The molecule has 0 atom stereocenters. The normalized spacial score (nSPS) is 18.6. The summed E-state index contributed by atoms with van der Waals surface area (Å²) in [6.45, 7) is 0. The Labute approximate surface area is 113 Å². The van der Waals surface area contributed by atoms with Crippen molar-refractivity contribution < 1.29 is 31.1 Å². The second-order valence-corrected chi connectivity index (χ2v) is 4.11. The summed E-state index contributed by atoms with van der Waals surface area (Å²) >= 11 is 0. The highest BCUT2D eigenvalue weighted by atomic mass is 19.4. The van der Waals surface area contributed by atoms with Gasteiger partial charge in [-0.1, -0.05) is 30.3 Å². The molecule has 4 nitrogen and oxygen atoms in total. The monoisotopic (exact) mass is 311 g/mol. The maximum absolute atomic E-state index is 12.9. The van der Waals surface area contributed by atoms with Gasteiger partial charge in [0.25, 0.3) is 0 Å². The number of alkyl halides is 6. The average Bonchev–Trinajstić information content (AvgIpc) is 2.36. The van der Waals surface area contributed by atoms with E-state index in [0.29, 0.717) is 0 Å². The largest absolute Gasteiger partial charge is 0.441 e. The minimum Gasteiger partial charge on any atom is -0.298 e. The number of nitrogens with one attached hydrogen (secondary N) is 2. The molecule has 1 aliphatic heterocycles. The molecule has 21 heavy (non-hydrogen) atoms. The topological polar surface area (TPSA) is 53.5 Å². The van der Waals surface area contributed by atoms with Crippen LogP contribution in [-0.4, -0.2) is 29.9 Å². The fourth-order valence-electron chi connectivity index (χ4n) is 1.69. The summed E-state index contributed by atoms with van der Waals surface area (Å²) < 4.78 is 77.3. The third kappa shape index (κ3) is 2.52. The molecule has 0 unspecified atom stereocenters. The molecule has 1 aromatic rings. The van der Waals surface area contributed by atoms with Crippen molar-refractivity contribution in [1.29, 1.82) is 0 Å². The van der Waals surface area contributed by atoms with E-state index in [4.69, 9.17) is 0 Å². The van der Waals surface area contributed by atoms with Crippen LogP contribution in [0, 0.1) is 0 Å². The van der Waals surface area contributed by atoms with Gasteiger partial charge in [-0.25, -0.2) is 9.79 Å². The molecule has 0 radical (unpaired) electrons. The summed E-state index contributed by atoms with van der Waals surface area (Å²) in [6, 6.07) is 5.08. The summed E-state index contributed by atoms with van der Waals surface area (Å²) in [5.74, 6) is -0.811. The van der Waals surface area contributed by atoms with Crippen molar-refractivity contribution in [2.75, 3.05) is 0 Å². The van der Waals surface area contributed by atoms with Gasteiger partial charge in [0, 0.05) is 5.56 Å². The van der Waals surface area contributed by atoms with Crippen molar-refractivity contribution in [3.63, 3.8) is 0 Å². The molecular weight excluding hydrogens is 304 g/mol. The fourth-order valence-corrected chi connectivity index (χ4v) is 1.69. The van der Waals surface area contributed by atoms with Gasteiger partial charge in [-0.05, 0) is 0 Å². The molecule has 0 bridgehead atoms. The maximum atomic E-state index is 12.9. The lowest BCUT2D eigenvalue weighted by atomic mass is 10.1. The molecule has 1 aliphatic rings. The smallest absolute Gasteiger partial charge is 0.298 e. The second kappa shape index (κ2) is 4.64. The van der Waals surface area contributed by atoms with Crippen LogP contribution in [0.3, 0.4) is 0 Å². The number of carbonyl (C=O) groups is 1. The van der Waals surface area contributed by atoms with Crippen molar-refractivity contribution >= 4 is 11.9 Å². The Morgan fingerprint density at radius 3 is 1.95 bits per heavy atom. The van der Waals surface area contributed by atoms with E-state index in [1.54, 1.807) is 0 Å². The fraction of sp³-hybridized carbons (Fsp3) is 0.273. The van der Waals surface area contributed by atoms with Crippen molar-refractivity contribution in [1.82, 2.24) is 10.6 Å². The molecular formula is C11H7F6N3O. The highest BCUT2D eigenvalue weighted by molar-refractivity contribution is 6.09. The van der Waals surface area contributed by atoms with Gasteiger partial charge >= 0.3 is 24.0 Å². The number of halogens is 6. The summed E-state index contributed by atoms with van der Waals surface area (Å²) in [7, 11) is 0. The van der Waals surface area contributed by atoms with Gasteiger partial charge in [0.1, 0.15) is 5.84 Å². The van der Waals surface area contributed by atoms with E-state index in [-0.39, 0.29) is 5.56 Å². The maximum Gasteiger partial charge on any atom is 0.441 e. The highest BCUT2D eigenvalue weighted by Gasteiger charge is 2.74. The molecule has 0 spiro atoms. The van der Waals surface area contributed by atoms with Crippen LogP contribution in [0.2, 0.25) is 0 Å². The number of nitrogens with zero attached hydrogens (tertiary/aromatic N) is 1. The zero-order chi connectivity index (χ0) is 15.9. The Hall–Kier alpha value is -2.26. The summed E-state index contributed by atoms with van der Waals surface area (Å²) in [5.41, 5.74) is -4.75. The molecule has 2 N–H and O–H groups in total. The molecule has 10 heteroatoms. The van der Waals surface area contributed by atoms with Crippen molar-refractivity contribution in [2.24, 2.45) is 4.99 Å². The van der Waals surface area contributed by atoms with E-state index in [2.05, 4.69) is 4.99 Å².